The zero-order chi connectivity index (χ0) is 30.4. The number of aliphatic hydroxyl groups excluding tert-OH is 1. The number of aromatic nitrogens is 2. The van der Waals surface area contributed by atoms with Crippen LogP contribution in [0.25, 0.3) is 21.7 Å². The summed E-state index contributed by atoms with van der Waals surface area (Å²) in [6, 6.07) is 27.5. The number of para-hydroxylation sites is 1. The van der Waals surface area contributed by atoms with Crippen LogP contribution in [0.1, 0.15) is 27.7 Å². The number of nitrogens with zero attached hydrogens (tertiary/aromatic N) is 3. The lowest BCUT2D eigenvalue weighted by molar-refractivity contribution is -0.117. The molecule has 11 heteroatoms. The zero-order valence-corrected chi connectivity index (χ0v) is 26.3. The molecule has 0 saturated carbocycles. The fourth-order valence-electron chi connectivity index (χ4n) is 5.35. The largest absolute Gasteiger partial charge is 0.503 e. The maximum Gasteiger partial charge on any atom is 0.296 e. The molecule has 1 aliphatic rings. The molecular weight excluding hydrogens is 662 g/mol. The molecule has 6 aromatic rings. The molecular formula is C33H22BrN3O5S2. The third kappa shape index (κ3) is 4.96. The van der Waals surface area contributed by atoms with Gasteiger partial charge in [0.1, 0.15) is 0 Å². The van der Waals surface area contributed by atoms with Gasteiger partial charge in [0.2, 0.25) is 10.9 Å². The predicted octanol–water partition coefficient (Wildman–Crippen LogP) is 8.28. The second kappa shape index (κ2) is 11.6. The molecule has 44 heavy (non-hydrogen) atoms. The van der Waals surface area contributed by atoms with Crippen LogP contribution in [0.5, 0.6) is 5.75 Å². The van der Waals surface area contributed by atoms with Gasteiger partial charge in [-0.2, -0.15) is 0 Å². The number of carbonyl (C=O) groups is 2. The number of hydrogen-bond donors (Lipinski definition) is 1. The SMILES string of the molecule is COc1cccc2cc(C(=O)C3=C(O)C(=O)N(c4nnc(SCc5cccc6ccccc56)s4)C3c3ccc(Br)cc3)oc12. The molecule has 218 valence electrons. The lowest BCUT2D eigenvalue weighted by Crippen LogP contribution is -2.31. The molecule has 2 aromatic heterocycles. The first-order chi connectivity index (χ1) is 21.4. The number of halogens is 1. The number of aliphatic hydroxyl groups is 1. The highest BCUT2D eigenvalue weighted by molar-refractivity contribution is 9.10. The summed E-state index contributed by atoms with van der Waals surface area (Å²) in [5.41, 5.74) is 2.07. The quantitative estimate of drug-likeness (QED) is 0.0971. The molecule has 1 N–H and O–H groups in total. The topological polar surface area (TPSA) is 106 Å². The number of hydrogen-bond acceptors (Lipinski definition) is 9. The van der Waals surface area contributed by atoms with E-state index in [1.54, 1.807) is 36.4 Å². The fourth-order valence-corrected chi connectivity index (χ4v) is 7.49. The van der Waals surface area contributed by atoms with Gasteiger partial charge >= 0.3 is 0 Å². The van der Waals surface area contributed by atoms with E-state index in [0.29, 0.717) is 32.4 Å². The second-order valence-corrected chi connectivity index (χ2v) is 13.1. The van der Waals surface area contributed by atoms with Crippen molar-refractivity contribution in [3.63, 3.8) is 0 Å². The van der Waals surface area contributed by atoms with Crippen molar-refractivity contribution >= 4 is 77.6 Å². The van der Waals surface area contributed by atoms with Crippen LogP contribution in [0.15, 0.2) is 116 Å². The minimum absolute atomic E-state index is 0.0218. The number of furan rings is 1. The van der Waals surface area contributed by atoms with E-state index in [9.17, 15) is 14.7 Å². The van der Waals surface area contributed by atoms with E-state index < -0.39 is 23.5 Å². The Morgan fingerprint density at radius 2 is 1.77 bits per heavy atom. The average Bonchev–Trinajstić information content (AvgIpc) is 3.76. The van der Waals surface area contributed by atoms with Crippen LogP contribution in [0.3, 0.4) is 0 Å². The van der Waals surface area contributed by atoms with E-state index in [1.165, 1.54) is 35.1 Å². The molecule has 4 aromatic carbocycles. The Balaban J connectivity index is 1.23. The molecule has 0 radical (unpaired) electrons. The van der Waals surface area contributed by atoms with E-state index in [-0.39, 0.29) is 16.5 Å². The van der Waals surface area contributed by atoms with Gasteiger partial charge in [-0.1, -0.05) is 106 Å². The third-order valence-corrected chi connectivity index (χ3v) is 10.1. The van der Waals surface area contributed by atoms with Crippen LogP contribution in [-0.2, 0) is 10.5 Å². The summed E-state index contributed by atoms with van der Waals surface area (Å²) in [7, 11) is 1.51. The Morgan fingerprint density at radius 1 is 1.02 bits per heavy atom. The first kappa shape index (κ1) is 28.3. The van der Waals surface area contributed by atoms with Crippen molar-refractivity contribution < 1.29 is 23.8 Å². The summed E-state index contributed by atoms with van der Waals surface area (Å²) < 4.78 is 12.8. The minimum atomic E-state index is -0.956. The lowest BCUT2D eigenvalue weighted by Gasteiger charge is -2.23. The number of benzene rings is 4. The average molecular weight is 685 g/mol. The van der Waals surface area contributed by atoms with Crippen molar-refractivity contribution in [2.75, 3.05) is 12.0 Å². The highest BCUT2D eigenvalue weighted by Gasteiger charge is 2.46. The number of thioether (sulfide) groups is 1. The van der Waals surface area contributed by atoms with Gasteiger partial charge in [0.15, 0.2) is 27.2 Å². The number of ether oxygens (including phenoxy) is 1. The Kier molecular flexibility index (Phi) is 7.45. The van der Waals surface area contributed by atoms with Gasteiger partial charge in [-0.05, 0) is 46.2 Å². The summed E-state index contributed by atoms with van der Waals surface area (Å²) in [4.78, 5) is 29.0. The van der Waals surface area contributed by atoms with E-state index in [0.717, 1.165) is 20.8 Å². The molecule has 0 fully saturated rings. The van der Waals surface area contributed by atoms with Gasteiger partial charge in [-0.25, -0.2) is 0 Å². The molecule has 7 rings (SSSR count). The number of ketones is 1. The van der Waals surface area contributed by atoms with Crippen molar-refractivity contribution in [3.05, 3.63) is 124 Å². The molecule has 0 saturated heterocycles. The molecule has 3 heterocycles. The van der Waals surface area contributed by atoms with E-state index in [2.05, 4.69) is 50.4 Å². The number of methoxy groups -OCH3 is 1. The molecule has 0 spiro atoms. The standard InChI is InChI=1S/C33H22BrN3O5S2/c1-41-24-11-5-8-20-16-25(42-30(20)24)28(38)26-27(19-12-14-22(34)15-13-19)37(31(40)29(26)39)32-35-36-33(44-32)43-17-21-9-4-7-18-6-2-3-10-23(18)21/h2-16,27,39H,17H2,1H3. The van der Waals surface area contributed by atoms with Crippen LogP contribution in [0.2, 0.25) is 0 Å². The first-order valence-corrected chi connectivity index (χ1v) is 16.1. The summed E-state index contributed by atoms with van der Waals surface area (Å²) >= 11 is 6.19. The Morgan fingerprint density at radius 3 is 2.59 bits per heavy atom. The predicted molar refractivity (Wildman–Crippen MR) is 175 cm³/mol. The van der Waals surface area contributed by atoms with Crippen molar-refractivity contribution in [3.8, 4) is 5.75 Å². The molecule has 1 aliphatic heterocycles. The third-order valence-electron chi connectivity index (χ3n) is 7.42. The number of Topliss-reactive ketones (excluding diaryl/α,β-unsaturated/α-hetero) is 1. The monoisotopic (exact) mass is 683 g/mol. The van der Waals surface area contributed by atoms with Crippen LogP contribution in [0.4, 0.5) is 5.13 Å². The number of anilines is 1. The summed E-state index contributed by atoms with van der Waals surface area (Å²) in [6.45, 7) is 0. The Bertz CT molecular complexity index is 2100. The van der Waals surface area contributed by atoms with Gasteiger partial charge < -0.3 is 14.3 Å². The van der Waals surface area contributed by atoms with Gasteiger partial charge in [0.05, 0.1) is 18.7 Å². The maximum atomic E-state index is 14.0. The number of carbonyl (C=O) groups excluding carboxylic acids is 2. The smallest absolute Gasteiger partial charge is 0.296 e. The van der Waals surface area contributed by atoms with E-state index in [1.807, 2.05) is 30.3 Å². The molecule has 0 aliphatic carbocycles. The van der Waals surface area contributed by atoms with Crippen LogP contribution in [-0.4, -0.2) is 34.1 Å². The highest BCUT2D eigenvalue weighted by Crippen LogP contribution is 2.45. The number of rotatable bonds is 8. The summed E-state index contributed by atoms with van der Waals surface area (Å²) in [5.74, 6) is -0.906. The van der Waals surface area contributed by atoms with Crippen molar-refractivity contribution in [2.24, 2.45) is 0 Å². The fraction of sp³-hybridized carbons (Fsp3) is 0.0909. The number of amides is 1. The zero-order valence-electron chi connectivity index (χ0n) is 23.1. The normalized spacial score (nSPS) is 15.1. The maximum absolute atomic E-state index is 14.0. The molecule has 8 nitrogen and oxygen atoms in total. The first-order valence-electron chi connectivity index (χ1n) is 13.5. The number of fused-ring (bicyclic) bond motifs is 2. The molecule has 0 bridgehead atoms. The van der Waals surface area contributed by atoms with Crippen molar-refractivity contribution in [1.29, 1.82) is 0 Å². The van der Waals surface area contributed by atoms with E-state index >= 15 is 0 Å². The second-order valence-electron chi connectivity index (χ2n) is 9.99. The minimum Gasteiger partial charge on any atom is -0.503 e. The molecule has 1 unspecified atom stereocenters. The van der Waals surface area contributed by atoms with Gasteiger partial charge in [-0.3, -0.25) is 14.5 Å². The highest BCUT2D eigenvalue weighted by atomic mass is 79.9. The van der Waals surface area contributed by atoms with E-state index in [4.69, 9.17) is 9.15 Å². The Hall–Kier alpha value is -4.45. The van der Waals surface area contributed by atoms with Crippen LogP contribution in [0, 0.1) is 0 Å². The Labute approximate surface area is 268 Å². The summed E-state index contributed by atoms with van der Waals surface area (Å²) in [5, 5.41) is 23.1. The van der Waals surface area contributed by atoms with Crippen LogP contribution < -0.4 is 9.64 Å². The van der Waals surface area contributed by atoms with Crippen molar-refractivity contribution in [1.82, 2.24) is 10.2 Å². The van der Waals surface area contributed by atoms with Gasteiger partial charge in [0, 0.05) is 15.6 Å². The van der Waals surface area contributed by atoms with Crippen molar-refractivity contribution in [2.45, 2.75) is 16.1 Å². The molecule has 1 atom stereocenters. The summed E-state index contributed by atoms with van der Waals surface area (Å²) in [6.07, 6.45) is 0. The van der Waals surface area contributed by atoms with Gasteiger partial charge in [0.25, 0.3) is 5.91 Å². The molecule has 1 amide bonds. The van der Waals surface area contributed by atoms with Crippen LogP contribution >= 0.6 is 39.0 Å². The van der Waals surface area contributed by atoms with Gasteiger partial charge in [-0.15, -0.1) is 10.2 Å². The lowest BCUT2D eigenvalue weighted by atomic mass is 9.95.